The van der Waals surface area contributed by atoms with Gasteiger partial charge >= 0.3 is 5.69 Å². The third-order valence-electron chi connectivity index (χ3n) is 4.44. The maximum absolute atomic E-state index is 13.5. The molecule has 29 heavy (non-hydrogen) atoms. The molecule has 7 heteroatoms. The fourth-order valence-electron chi connectivity index (χ4n) is 3.29. The van der Waals surface area contributed by atoms with Gasteiger partial charge in [0, 0.05) is 11.0 Å². The lowest BCUT2D eigenvalue weighted by atomic mass is 10.1. The molecule has 0 radical (unpaired) electrons. The van der Waals surface area contributed by atoms with Gasteiger partial charge in [0.1, 0.15) is 11.6 Å². The first-order valence-electron chi connectivity index (χ1n) is 9.22. The fourth-order valence-corrected chi connectivity index (χ4v) is 4.59. The van der Waals surface area contributed by atoms with Crippen molar-refractivity contribution in [3.05, 3.63) is 91.1 Å². The molecule has 0 aliphatic carbocycles. The van der Waals surface area contributed by atoms with E-state index in [1.807, 2.05) is 45.9 Å². The number of halogens is 2. The topological polar surface area (TPSA) is 54.9 Å². The molecule has 0 saturated heterocycles. The zero-order chi connectivity index (χ0) is 21.3. The average molecular weight is 416 g/mol. The van der Waals surface area contributed by atoms with Crippen LogP contribution < -0.4 is 11.2 Å². The molecular weight excluding hydrogens is 394 g/mol. The molecule has 0 atom stereocenters. The normalized spacial score (nSPS) is 11.3. The number of H-pyrrole nitrogens is 1. The van der Waals surface area contributed by atoms with Gasteiger partial charge in [-0.3, -0.25) is 9.36 Å². The highest BCUT2D eigenvalue weighted by Gasteiger charge is 2.18. The quantitative estimate of drug-likeness (QED) is 0.611. The Labute approximate surface area is 171 Å². The van der Waals surface area contributed by atoms with Crippen LogP contribution in [-0.4, -0.2) is 9.55 Å². The number of aryl methyl sites for hydroxylation is 2. The molecule has 0 unspecified atom stereocenters. The van der Waals surface area contributed by atoms with Gasteiger partial charge in [-0.25, -0.2) is 13.6 Å². The van der Waals surface area contributed by atoms with Crippen LogP contribution in [0.2, 0.25) is 0 Å². The molecule has 0 spiro atoms. The summed E-state index contributed by atoms with van der Waals surface area (Å²) in [6.07, 6.45) is 0. The van der Waals surface area contributed by atoms with E-state index in [-0.39, 0.29) is 18.0 Å². The van der Waals surface area contributed by atoms with Crippen molar-refractivity contribution in [2.45, 2.75) is 50.1 Å². The molecule has 152 valence electrons. The molecule has 0 aliphatic heterocycles. The molecule has 1 aromatic heterocycles. The van der Waals surface area contributed by atoms with Gasteiger partial charge in [-0.2, -0.15) is 0 Å². The molecular formula is C22H22F2N2O2S. The van der Waals surface area contributed by atoms with Crippen molar-refractivity contribution in [3.8, 4) is 0 Å². The Balaban J connectivity index is 2.08. The molecule has 0 aliphatic rings. The van der Waals surface area contributed by atoms with Gasteiger partial charge in [0.25, 0.3) is 5.56 Å². The highest BCUT2D eigenvalue weighted by molar-refractivity contribution is 7.99. The van der Waals surface area contributed by atoms with Crippen molar-refractivity contribution in [3.63, 3.8) is 0 Å². The zero-order valence-corrected chi connectivity index (χ0v) is 17.5. The van der Waals surface area contributed by atoms with Crippen LogP contribution in [0, 0.1) is 25.5 Å². The molecule has 0 fully saturated rings. The predicted molar refractivity (Wildman–Crippen MR) is 111 cm³/mol. The molecule has 3 aromatic rings. The Kier molecular flexibility index (Phi) is 6.07. The third kappa shape index (κ3) is 4.85. The minimum Gasteiger partial charge on any atom is -0.301 e. The van der Waals surface area contributed by atoms with Crippen molar-refractivity contribution in [1.82, 2.24) is 9.55 Å². The van der Waals surface area contributed by atoms with E-state index in [9.17, 15) is 18.4 Å². The molecule has 0 bridgehead atoms. The van der Waals surface area contributed by atoms with Crippen LogP contribution in [-0.2, 0) is 6.54 Å². The van der Waals surface area contributed by atoms with Crippen LogP contribution in [0.3, 0.4) is 0 Å². The Hall–Kier alpha value is -2.67. The average Bonchev–Trinajstić information content (AvgIpc) is 2.56. The number of hydrogen-bond acceptors (Lipinski definition) is 3. The van der Waals surface area contributed by atoms with E-state index < -0.39 is 22.9 Å². The number of nitrogens with one attached hydrogen (secondary N) is 1. The summed E-state index contributed by atoms with van der Waals surface area (Å²) in [7, 11) is 0. The Bertz CT molecular complexity index is 1140. The fraction of sp³-hybridized carbons (Fsp3) is 0.273. The molecule has 0 saturated carbocycles. The standard InChI is InChI=1S/C22H22F2N2O2S/c1-12(2)19-20(29-18-6-13(3)5-14(4)7-18)25-22(28)26(21(19)27)11-15-8-16(23)10-17(24)9-15/h5-10,12H,11H2,1-4H3,(H,25,28). The van der Waals surface area contributed by atoms with Crippen LogP contribution in [0.5, 0.6) is 0 Å². The van der Waals surface area contributed by atoms with E-state index >= 15 is 0 Å². The van der Waals surface area contributed by atoms with Crippen LogP contribution in [0.1, 0.15) is 42.0 Å². The summed E-state index contributed by atoms with van der Waals surface area (Å²) in [5, 5.41) is 0.488. The predicted octanol–water partition coefficient (Wildman–Crippen LogP) is 4.75. The summed E-state index contributed by atoms with van der Waals surface area (Å²) in [5.41, 5.74) is 1.77. The largest absolute Gasteiger partial charge is 0.329 e. The molecule has 1 heterocycles. The second-order valence-corrected chi connectivity index (χ2v) is 8.51. The van der Waals surface area contributed by atoms with Gasteiger partial charge in [0.2, 0.25) is 0 Å². The van der Waals surface area contributed by atoms with Crippen LogP contribution in [0.25, 0.3) is 0 Å². The van der Waals surface area contributed by atoms with Gasteiger partial charge in [0.05, 0.1) is 17.1 Å². The first-order chi connectivity index (χ1) is 13.6. The summed E-state index contributed by atoms with van der Waals surface area (Å²) >= 11 is 1.33. The van der Waals surface area contributed by atoms with E-state index in [1.54, 1.807) is 0 Å². The van der Waals surface area contributed by atoms with Crippen molar-refractivity contribution < 1.29 is 8.78 Å². The van der Waals surface area contributed by atoms with E-state index in [2.05, 4.69) is 4.98 Å². The monoisotopic (exact) mass is 416 g/mol. The highest BCUT2D eigenvalue weighted by Crippen LogP contribution is 2.31. The van der Waals surface area contributed by atoms with Crippen LogP contribution >= 0.6 is 11.8 Å². The lowest BCUT2D eigenvalue weighted by molar-refractivity contribution is 0.573. The molecule has 2 aromatic carbocycles. The summed E-state index contributed by atoms with van der Waals surface area (Å²) in [6, 6.07) is 9.00. The number of aromatic amines is 1. The molecule has 3 rings (SSSR count). The SMILES string of the molecule is Cc1cc(C)cc(Sc2[nH]c(=O)n(Cc3cc(F)cc(F)c3)c(=O)c2C(C)C)c1. The third-order valence-corrected chi connectivity index (χ3v) is 5.44. The minimum atomic E-state index is -0.754. The van der Waals surface area contributed by atoms with E-state index in [0.29, 0.717) is 10.6 Å². The number of nitrogens with zero attached hydrogens (tertiary/aromatic N) is 1. The Morgan fingerprint density at radius 2 is 1.55 bits per heavy atom. The number of benzene rings is 2. The van der Waals surface area contributed by atoms with Gasteiger partial charge in [-0.1, -0.05) is 31.7 Å². The summed E-state index contributed by atoms with van der Waals surface area (Å²) in [4.78, 5) is 29.4. The molecule has 1 N–H and O–H groups in total. The molecule has 4 nitrogen and oxygen atoms in total. The van der Waals surface area contributed by atoms with E-state index in [4.69, 9.17) is 0 Å². The van der Waals surface area contributed by atoms with E-state index in [0.717, 1.165) is 38.8 Å². The minimum absolute atomic E-state index is 0.150. The maximum Gasteiger partial charge on any atom is 0.329 e. The van der Waals surface area contributed by atoms with Gasteiger partial charge in [-0.15, -0.1) is 0 Å². The van der Waals surface area contributed by atoms with Crippen LogP contribution in [0.4, 0.5) is 8.78 Å². The smallest absolute Gasteiger partial charge is 0.301 e. The summed E-state index contributed by atoms with van der Waals surface area (Å²) in [6.45, 7) is 7.50. The number of rotatable bonds is 5. The van der Waals surface area contributed by atoms with Gasteiger partial charge < -0.3 is 4.98 Å². The number of hydrogen-bond donors (Lipinski definition) is 1. The maximum atomic E-state index is 13.5. The Morgan fingerprint density at radius 1 is 0.966 bits per heavy atom. The number of aromatic nitrogens is 2. The molecule has 0 amide bonds. The highest BCUT2D eigenvalue weighted by atomic mass is 32.2. The van der Waals surface area contributed by atoms with Crippen molar-refractivity contribution in [2.24, 2.45) is 0 Å². The van der Waals surface area contributed by atoms with Crippen molar-refractivity contribution in [2.75, 3.05) is 0 Å². The second kappa shape index (κ2) is 8.37. The van der Waals surface area contributed by atoms with E-state index in [1.165, 1.54) is 11.8 Å². The van der Waals surface area contributed by atoms with Crippen molar-refractivity contribution in [1.29, 1.82) is 0 Å². The van der Waals surface area contributed by atoms with Gasteiger partial charge in [0.15, 0.2) is 0 Å². The van der Waals surface area contributed by atoms with Crippen molar-refractivity contribution >= 4 is 11.8 Å². The Morgan fingerprint density at radius 3 is 2.10 bits per heavy atom. The zero-order valence-electron chi connectivity index (χ0n) is 16.7. The summed E-state index contributed by atoms with van der Waals surface area (Å²) in [5.74, 6) is -1.66. The summed E-state index contributed by atoms with van der Waals surface area (Å²) < 4.78 is 28.0. The first kappa shape index (κ1) is 21.0. The van der Waals surface area contributed by atoms with Gasteiger partial charge in [-0.05, 0) is 60.7 Å². The lowest BCUT2D eigenvalue weighted by Gasteiger charge is -2.15. The second-order valence-electron chi connectivity index (χ2n) is 7.42. The first-order valence-corrected chi connectivity index (χ1v) is 10.0. The van der Waals surface area contributed by atoms with Crippen LogP contribution in [0.15, 0.2) is 55.9 Å². The lowest BCUT2D eigenvalue weighted by Crippen LogP contribution is -2.38.